The summed E-state index contributed by atoms with van der Waals surface area (Å²) < 4.78 is 7.23. The highest BCUT2D eigenvalue weighted by molar-refractivity contribution is 5.76. The summed E-state index contributed by atoms with van der Waals surface area (Å²) in [4.78, 5) is 4.66. The lowest BCUT2D eigenvalue weighted by atomic mass is 10.1. The van der Waals surface area contributed by atoms with Crippen molar-refractivity contribution in [1.82, 2.24) is 9.38 Å². The summed E-state index contributed by atoms with van der Waals surface area (Å²) in [5.74, 6) is 1.46. The van der Waals surface area contributed by atoms with E-state index in [-0.39, 0.29) is 0 Å². The lowest BCUT2D eigenvalue weighted by molar-refractivity contribution is 0.415. The van der Waals surface area contributed by atoms with Gasteiger partial charge in [0, 0.05) is 11.3 Å². The number of imidazole rings is 1. The lowest BCUT2D eigenvalue weighted by Crippen LogP contribution is -1.98. The third-order valence-corrected chi connectivity index (χ3v) is 3.43. The largest absolute Gasteiger partial charge is 0.497 e. The number of aromatic nitrogens is 2. The van der Waals surface area contributed by atoms with E-state index in [4.69, 9.17) is 10.5 Å². The Morgan fingerprint density at radius 2 is 1.95 bits per heavy atom. The second-order valence-corrected chi connectivity index (χ2v) is 4.95. The Morgan fingerprint density at radius 1 is 1.15 bits per heavy atom. The van der Waals surface area contributed by atoms with Crippen LogP contribution >= 0.6 is 0 Å². The molecule has 0 spiro atoms. The molecule has 0 bridgehead atoms. The van der Waals surface area contributed by atoms with Crippen LogP contribution < -0.4 is 10.5 Å². The molecule has 0 saturated heterocycles. The van der Waals surface area contributed by atoms with Crippen LogP contribution in [0.4, 0.5) is 5.82 Å². The molecule has 0 aliphatic rings. The van der Waals surface area contributed by atoms with E-state index in [0.29, 0.717) is 5.82 Å². The third kappa shape index (κ3) is 1.90. The van der Waals surface area contributed by atoms with Crippen molar-refractivity contribution in [3.05, 3.63) is 47.7 Å². The minimum atomic E-state index is 0.658. The van der Waals surface area contributed by atoms with Crippen molar-refractivity contribution in [2.24, 2.45) is 0 Å². The molecule has 0 aliphatic heterocycles. The molecular formula is C16H17N3O. The maximum atomic E-state index is 6.27. The number of benzene rings is 1. The zero-order valence-corrected chi connectivity index (χ0v) is 11.8. The van der Waals surface area contributed by atoms with Gasteiger partial charge in [-0.2, -0.15) is 0 Å². The van der Waals surface area contributed by atoms with Crippen LogP contribution in [0.3, 0.4) is 0 Å². The van der Waals surface area contributed by atoms with Crippen molar-refractivity contribution in [1.29, 1.82) is 0 Å². The third-order valence-electron chi connectivity index (χ3n) is 3.43. The molecule has 0 saturated carbocycles. The van der Waals surface area contributed by atoms with Gasteiger partial charge in [0.1, 0.15) is 22.9 Å². The van der Waals surface area contributed by atoms with Crippen LogP contribution in [0.15, 0.2) is 36.4 Å². The summed E-state index contributed by atoms with van der Waals surface area (Å²) in [6, 6.07) is 11.9. The Kier molecular flexibility index (Phi) is 2.86. The molecule has 20 heavy (non-hydrogen) atoms. The van der Waals surface area contributed by atoms with Crippen LogP contribution in [0, 0.1) is 13.8 Å². The number of aryl methyl sites for hydroxylation is 2. The molecule has 2 N–H and O–H groups in total. The Bertz CT molecular complexity index is 790. The highest BCUT2D eigenvalue weighted by atomic mass is 16.5. The minimum Gasteiger partial charge on any atom is -0.497 e. The summed E-state index contributed by atoms with van der Waals surface area (Å²) in [5, 5.41) is 0. The SMILES string of the molecule is COc1cccc(-c2nc3cc(C)cc(C)n3c2N)c1. The summed E-state index contributed by atoms with van der Waals surface area (Å²) in [6.07, 6.45) is 0. The number of nitrogens with zero attached hydrogens (tertiary/aromatic N) is 2. The molecule has 0 fully saturated rings. The molecular weight excluding hydrogens is 250 g/mol. The van der Waals surface area contributed by atoms with Gasteiger partial charge in [-0.15, -0.1) is 0 Å². The molecule has 0 radical (unpaired) electrons. The molecule has 0 aliphatic carbocycles. The zero-order valence-electron chi connectivity index (χ0n) is 11.8. The van der Waals surface area contributed by atoms with Gasteiger partial charge in [0.2, 0.25) is 0 Å². The van der Waals surface area contributed by atoms with Gasteiger partial charge in [0.25, 0.3) is 0 Å². The monoisotopic (exact) mass is 267 g/mol. The van der Waals surface area contributed by atoms with Crippen LogP contribution in [-0.2, 0) is 0 Å². The van der Waals surface area contributed by atoms with Crippen molar-refractivity contribution >= 4 is 11.5 Å². The zero-order chi connectivity index (χ0) is 14.3. The van der Waals surface area contributed by atoms with Crippen LogP contribution in [0.2, 0.25) is 0 Å². The molecule has 3 rings (SSSR count). The van der Waals surface area contributed by atoms with Gasteiger partial charge in [-0.1, -0.05) is 12.1 Å². The van der Waals surface area contributed by atoms with Gasteiger partial charge < -0.3 is 10.5 Å². The number of pyridine rings is 1. The van der Waals surface area contributed by atoms with Gasteiger partial charge in [0.15, 0.2) is 0 Å². The average molecular weight is 267 g/mol. The summed E-state index contributed by atoms with van der Waals surface area (Å²) in [7, 11) is 1.65. The van der Waals surface area contributed by atoms with Gasteiger partial charge in [-0.05, 0) is 43.7 Å². The second kappa shape index (κ2) is 4.56. The quantitative estimate of drug-likeness (QED) is 0.775. The lowest BCUT2D eigenvalue weighted by Gasteiger charge is -2.04. The highest BCUT2D eigenvalue weighted by Crippen LogP contribution is 2.30. The molecule has 4 heteroatoms. The van der Waals surface area contributed by atoms with Gasteiger partial charge >= 0.3 is 0 Å². The summed E-state index contributed by atoms with van der Waals surface area (Å²) >= 11 is 0. The first-order chi connectivity index (χ1) is 9.60. The van der Waals surface area contributed by atoms with E-state index >= 15 is 0 Å². The molecule has 0 atom stereocenters. The van der Waals surface area contributed by atoms with Gasteiger partial charge in [-0.3, -0.25) is 4.40 Å². The Balaban J connectivity index is 2.26. The van der Waals surface area contributed by atoms with E-state index in [2.05, 4.69) is 18.0 Å². The first-order valence-electron chi connectivity index (χ1n) is 6.50. The molecule has 0 amide bonds. The van der Waals surface area contributed by atoms with Gasteiger partial charge in [0.05, 0.1) is 7.11 Å². The van der Waals surface area contributed by atoms with Crippen LogP contribution in [0.25, 0.3) is 16.9 Å². The maximum absolute atomic E-state index is 6.27. The van der Waals surface area contributed by atoms with Crippen molar-refractivity contribution < 1.29 is 4.74 Å². The molecule has 3 aromatic rings. The van der Waals surface area contributed by atoms with Crippen molar-refractivity contribution in [3.8, 4) is 17.0 Å². The number of ether oxygens (including phenoxy) is 1. The van der Waals surface area contributed by atoms with E-state index in [9.17, 15) is 0 Å². The van der Waals surface area contributed by atoms with Gasteiger partial charge in [-0.25, -0.2) is 4.98 Å². The molecule has 0 unspecified atom stereocenters. The fraction of sp³-hybridized carbons (Fsp3) is 0.188. The number of anilines is 1. The molecule has 2 heterocycles. The normalized spacial score (nSPS) is 10.9. The molecule has 4 nitrogen and oxygen atoms in total. The number of nitrogen functional groups attached to an aromatic ring is 1. The topological polar surface area (TPSA) is 52.5 Å². The number of methoxy groups -OCH3 is 1. The Hall–Kier alpha value is -2.49. The summed E-state index contributed by atoms with van der Waals surface area (Å²) in [5.41, 5.74) is 11.2. The first-order valence-corrected chi connectivity index (χ1v) is 6.50. The highest BCUT2D eigenvalue weighted by Gasteiger charge is 2.13. The van der Waals surface area contributed by atoms with E-state index in [1.807, 2.05) is 41.7 Å². The van der Waals surface area contributed by atoms with E-state index < -0.39 is 0 Å². The van der Waals surface area contributed by atoms with Crippen molar-refractivity contribution in [3.63, 3.8) is 0 Å². The Morgan fingerprint density at radius 3 is 2.70 bits per heavy atom. The predicted molar refractivity (Wildman–Crippen MR) is 81.1 cm³/mol. The van der Waals surface area contributed by atoms with E-state index in [1.165, 1.54) is 5.56 Å². The average Bonchev–Trinajstić information content (AvgIpc) is 2.76. The number of fused-ring (bicyclic) bond motifs is 1. The number of nitrogens with two attached hydrogens (primary N) is 1. The molecule has 2 aromatic heterocycles. The number of hydrogen-bond acceptors (Lipinski definition) is 3. The fourth-order valence-electron chi connectivity index (χ4n) is 2.54. The number of rotatable bonds is 2. The fourth-order valence-corrected chi connectivity index (χ4v) is 2.54. The smallest absolute Gasteiger partial charge is 0.139 e. The number of hydrogen-bond donors (Lipinski definition) is 1. The summed E-state index contributed by atoms with van der Waals surface area (Å²) in [6.45, 7) is 4.09. The van der Waals surface area contributed by atoms with Crippen LogP contribution in [0.1, 0.15) is 11.3 Å². The van der Waals surface area contributed by atoms with Crippen LogP contribution in [0.5, 0.6) is 5.75 Å². The standard InChI is InChI=1S/C16H17N3O/c1-10-7-11(2)19-14(8-10)18-15(16(19)17)12-5-4-6-13(9-12)20-3/h4-9H,17H2,1-3H3. The van der Waals surface area contributed by atoms with E-state index in [1.54, 1.807) is 7.11 Å². The van der Waals surface area contributed by atoms with Crippen molar-refractivity contribution in [2.45, 2.75) is 13.8 Å². The maximum Gasteiger partial charge on any atom is 0.139 e. The van der Waals surface area contributed by atoms with E-state index in [0.717, 1.165) is 28.3 Å². The second-order valence-electron chi connectivity index (χ2n) is 4.95. The molecule has 1 aromatic carbocycles. The first kappa shape index (κ1) is 12.5. The molecule has 102 valence electrons. The predicted octanol–water partition coefficient (Wildman–Crippen LogP) is 3.21. The minimum absolute atomic E-state index is 0.658. The van der Waals surface area contributed by atoms with Crippen LogP contribution in [-0.4, -0.2) is 16.5 Å². The van der Waals surface area contributed by atoms with Crippen molar-refractivity contribution in [2.75, 3.05) is 12.8 Å². The Labute approximate surface area is 117 Å².